The molecule has 3 rings (SSSR count). The molecule has 25 heavy (non-hydrogen) atoms. The van der Waals surface area contributed by atoms with Crippen molar-refractivity contribution in [1.29, 1.82) is 0 Å². The molecule has 0 spiro atoms. The highest BCUT2D eigenvalue weighted by molar-refractivity contribution is 5.92. The molecule has 0 unspecified atom stereocenters. The number of aromatic nitrogens is 2. The van der Waals surface area contributed by atoms with Gasteiger partial charge in [0.2, 0.25) is 0 Å². The average Bonchev–Trinajstić information content (AvgIpc) is 3.09. The van der Waals surface area contributed by atoms with Crippen LogP contribution in [0.4, 0.5) is 17.2 Å². The van der Waals surface area contributed by atoms with E-state index in [1.54, 1.807) is 12.1 Å². The number of carbonyl (C=O) groups is 1. The zero-order chi connectivity index (χ0) is 17.9. The molecule has 2 aromatic rings. The number of hydrogen-bond donors (Lipinski definition) is 2. The minimum atomic E-state index is -0.299. The molecule has 1 aliphatic rings. The molecular formula is C19H25N5O. The maximum atomic E-state index is 12.1. The lowest BCUT2D eigenvalue weighted by atomic mass is 10.1. The average molecular weight is 339 g/mol. The predicted molar refractivity (Wildman–Crippen MR) is 100 cm³/mol. The zero-order valence-electron chi connectivity index (χ0n) is 15.0. The van der Waals surface area contributed by atoms with E-state index in [-0.39, 0.29) is 11.4 Å². The number of amides is 1. The topological polar surface area (TPSA) is 70.2 Å². The Balaban J connectivity index is 1.62. The molecule has 2 heterocycles. The van der Waals surface area contributed by atoms with Gasteiger partial charge in [-0.2, -0.15) is 0 Å². The van der Waals surface area contributed by atoms with Crippen molar-refractivity contribution < 1.29 is 4.79 Å². The van der Waals surface area contributed by atoms with Gasteiger partial charge in [-0.05, 0) is 70.0 Å². The van der Waals surface area contributed by atoms with Crippen LogP contribution in [0.5, 0.6) is 0 Å². The Morgan fingerprint density at radius 1 is 1.00 bits per heavy atom. The third-order valence-electron chi connectivity index (χ3n) is 4.00. The second-order valence-electron chi connectivity index (χ2n) is 7.37. The summed E-state index contributed by atoms with van der Waals surface area (Å²) in [5.41, 5.74) is 2.21. The first kappa shape index (κ1) is 17.2. The monoisotopic (exact) mass is 339 g/mol. The molecule has 2 N–H and O–H groups in total. The van der Waals surface area contributed by atoms with Gasteiger partial charge in [0, 0.05) is 30.0 Å². The van der Waals surface area contributed by atoms with Crippen molar-refractivity contribution in [3.05, 3.63) is 42.1 Å². The highest BCUT2D eigenvalue weighted by atomic mass is 16.2. The quantitative estimate of drug-likeness (QED) is 0.894. The highest BCUT2D eigenvalue weighted by Crippen LogP contribution is 2.23. The lowest BCUT2D eigenvalue weighted by Gasteiger charge is -2.19. The van der Waals surface area contributed by atoms with Gasteiger partial charge >= 0.3 is 0 Å². The van der Waals surface area contributed by atoms with E-state index in [0.717, 1.165) is 18.8 Å². The molecular weight excluding hydrogens is 314 g/mol. The van der Waals surface area contributed by atoms with Gasteiger partial charge in [-0.1, -0.05) is 0 Å². The van der Waals surface area contributed by atoms with Gasteiger partial charge < -0.3 is 15.5 Å². The van der Waals surface area contributed by atoms with Crippen molar-refractivity contribution >= 4 is 23.1 Å². The van der Waals surface area contributed by atoms with Crippen LogP contribution in [-0.2, 0) is 0 Å². The van der Waals surface area contributed by atoms with E-state index in [4.69, 9.17) is 0 Å². The summed E-state index contributed by atoms with van der Waals surface area (Å²) in [6, 6.07) is 11.7. The van der Waals surface area contributed by atoms with Crippen molar-refractivity contribution in [2.45, 2.75) is 39.2 Å². The van der Waals surface area contributed by atoms with E-state index in [9.17, 15) is 4.79 Å². The summed E-state index contributed by atoms with van der Waals surface area (Å²) in [4.78, 5) is 14.4. The Morgan fingerprint density at radius 2 is 1.68 bits per heavy atom. The molecule has 1 fully saturated rings. The fourth-order valence-corrected chi connectivity index (χ4v) is 2.80. The largest absolute Gasteiger partial charge is 0.372 e. The van der Waals surface area contributed by atoms with E-state index in [2.05, 4.69) is 37.9 Å². The van der Waals surface area contributed by atoms with E-state index in [1.165, 1.54) is 18.5 Å². The van der Waals surface area contributed by atoms with Crippen molar-refractivity contribution in [3.63, 3.8) is 0 Å². The van der Waals surface area contributed by atoms with Crippen molar-refractivity contribution in [2.75, 3.05) is 23.3 Å². The summed E-state index contributed by atoms with van der Waals surface area (Å²) in [6.07, 6.45) is 2.54. The van der Waals surface area contributed by atoms with Crippen LogP contribution in [0.1, 0.15) is 44.1 Å². The normalized spacial score (nSPS) is 14.4. The lowest BCUT2D eigenvalue weighted by Crippen LogP contribution is -2.41. The fourth-order valence-electron chi connectivity index (χ4n) is 2.80. The van der Waals surface area contributed by atoms with Crippen LogP contribution in [0.3, 0.4) is 0 Å². The molecule has 6 heteroatoms. The minimum absolute atomic E-state index is 0.221. The molecule has 0 saturated carbocycles. The highest BCUT2D eigenvalue weighted by Gasteiger charge is 2.16. The van der Waals surface area contributed by atoms with Gasteiger partial charge in [-0.15, -0.1) is 10.2 Å². The summed E-state index contributed by atoms with van der Waals surface area (Å²) in [6.45, 7) is 8.06. The molecule has 0 atom stereocenters. The van der Waals surface area contributed by atoms with Crippen LogP contribution in [0.25, 0.3) is 0 Å². The maximum Gasteiger partial charge on any atom is 0.272 e. The summed E-state index contributed by atoms with van der Waals surface area (Å²) < 4.78 is 0. The summed E-state index contributed by atoms with van der Waals surface area (Å²) in [5, 5.41) is 14.2. The first-order valence-electron chi connectivity index (χ1n) is 8.69. The molecule has 0 radical (unpaired) electrons. The molecule has 1 saturated heterocycles. The van der Waals surface area contributed by atoms with Crippen molar-refractivity contribution in [2.24, 2.45) is 0 Å². The smallest absolute Gasteiger partial charge is 0.272 e. The van der Waals surface area contributed by atoms with Gasteiger partial charge in [0.1, 0.15) is 0 Å². The van der Waals surface area contributed by atoms with Crippen molar-refractivity contribution in [3.8, 4) is 0 Å². The predicted octanol–water partition coefficient (Wildman–Crippen LogP) is 3.35. The summed E-state index contributed by atoms with van der Waals surface area (Å²) >= 11 is 0. The Labute approximate surface area is 148 Å². The molecule has 132 valence electrons. The third kappa shape index (κ3) is 4.68. The number of hydrogen-bond acceptors (Lipinski definition) is 5. The summed E-state index contributed by atoms with van der Waals surface area (Å²) in [5.74, 6) is 0.391. The number of benzene rings is 1. The molecule has 1 aromatic carbocycles. The van der Waals surface area contributed by atoms with Crippen LogP contribution in [0.2, 0.25) is 0 Å². The van der Waals surface area contributed by atoms with E-state index in [1.807, 2.05) is 32.9 Å². The SMILES string of the molecule is CC(C)(C)NC(=O)c1ccc(Nc2ccc(N3CCCC3)cc2)nn1. The van der Waals surface area contributed by atoms with Gasteiger partial charge in [-0.25, -0.2) is 0 Å². The number of carbonyl (C=O) groups excluding carboxylic acids is 1. The van der Waals surface area contributed by atoms with Crippen LogP contribution in [0.15, 0.2) is 36.4 Å². The zero-order valence-corrected chi connectivity index (χ0v) is 15.0. The number of anilines is 3. The molecule has 1 aromatic heterocycles. The Morgan fingerprint density at radius 3 is 2.24 bits per heavy atom. The maximum absolute atomic E-state index is 12.1. The third-order valence-corrected chi connectivity index (χ3v) is 4.00. The Hall–Kier alpha value is -2.63. The van der Waals surface area contributed by atoms with E-state index < -0.39 is 0 Å². The van der Waals surface area contributed by atoms with Crippen LogP contribution < -0.4 is 15.5 Å². The van der Waals surface area contributed by atoms with E-state index >= 15 is 0 Å². The molecule has 0 bridgehead atoms. The number of nitrogens with one attached hydrogen (secondary N) is 2. The Bertz CT molecular complexity index is 713. The number of rotatable bonds is 4. The van der Waals surface area contributed by atoms with Gasteiger partial charge in [0.25, 0.3) is 5.91 Å². The van der Waals surface area contributed by atoms with Crippen LogP contribution >= 0.6 is 0 Å². The summed E-state index contributed by atoms with van der Waals surface area (Å²) in [7, 11) is 0. The fraction of sp³-hybridized carbons (Fsp3) is 0.421. The second kappa shape index (κ2) is 7.09. The van der Waals surface area contributed by atoms with Crippen LogP contribution in [-0.4, -0.2) is 34.7 Å². The van der Waals surface area contributed by atoms with Gasteiger partial charge in [0.15, 0.2) is 11.5 Å². The molecule has 0 aliphatic carbocycles. The van der Waals surface area contributed by atoms with Gasteiger partial charge in [-0.3, -0.25) is 4.79 Å². The van der Waals surface area contributed by atoms with Gasteiger partial charge in [0.05, 0.1) is 0 Å². The first-order chi connectivity index (χ1) is 11.9. The minimum Gasteiger partial charge on any atom is -0.372 e. The lowest BCUT2D eigenvalue weighted by molar-refractivity contribution is 0.0913. The van der Waals surface area contributed by atoms with E-state index in [0.29, 0.717) is 11.5 Å². The number of nitrogens with zero attached hydrogens (tertiary/aromatic N) is 3. The second-order valence-corrected chi connectivity index (χ2v) is 7.37. The standard InChI is InChI=1S/C19H25N5O/c1-19(2,3)21-18(25)16-10-11-17(23-22-16)20-14-6-8-15(9-7-14)24-12-4-5-13-24/h6-11H,4-5,12-13H2,1-3H3,(H,20,23)(H,21,25). The van der Waals surface area contributed by atoms with Crippen LogP contribution in [0, 0.1) is 0 Å². The molecule has 1 amide bonds. The van der Waals surface area contributed by atoms with Crippen molar-refractivity contribution in [1.82, 2.24) is 15.5 Å². The molecule has 6 nitrogen and oxygen atoms in total. The molecule has 1 aliphatic heterocycles. The Kier molecular flexibility index (Phi) is 4.88. The first-order valence-corrected chi connectivity index (χ1v) is 8.69.